The fourth-order valence-electron chi connectivity index (χ4n) is 2.39. The third-order valence-corrected chi connectivity index (χ3v) is 3.68. The summed E-state index contributed by atoms with van der Waals surface area (Å²) in [6.07, 6.45) is 5.71. The van der Waals surface area contributed by atoms with E-state index in [4.69, 9.17) is 0 Å². The summed E-state index contributed by atoms with van der Waals surface area (Å²) in [5.41, 5.74) is 0. The molecule has 13 heavy (non-hydrogen) atoms. The Labute approximate surface area is 81.9 Å². The third kappa shape index (κ3) is 2.23. The van der Waals surface area contributed by atoms with Gasteiger partial charge in [0.2, 0.25) is 0 Å². The van der Waals surface area contributed by atoms with Crippen molar-refractivity contribution in [1.29, 1.82) is 0 Å². The maximum absolute atomic E-state index is 2.69. The standard InChI is InChI=1S/C11H22N2/c1-3-12(2)10-6-8-13(9-7-10)11-4-5-11/h10-11H,3-9H2,1-2H3. The molecule has 0 spiro atoms. The zero-order valence-corrected chi connectivity index (χ0v) is 9.00. The predicted octanol–water partition coefficient (Wildman–Crippen LogP) is 1.56. The lowest BCUT2D eigenvalue weighted by Crippen LogP contribution is -2.43. The van der Waals surface area contributed by atoms with Crippen molar-refractivity contribution in [2.24, 2.45) is 0 Å². The van der Waals surface area contributed by atoms with Crippen LogP contribution in [0.3, 0.4) is 0 Å². The van der Waals surface area contributed by atoms with Crippen LogP contribution in [0.5, 0.6) is 0 Å². The van der Waals surface area contributed by atoms with E-state index in [1.54, 1.807) is 0 Å². The Balaban J connectivity index is 1.74. The second-order valence-electron chi connectivity index (χ2n) is 4.57. The molecule has 0 bridgehead atoms. The highest BCUT2D eigenvalue weighted by Gasteiger charge is 2.32. The van der Waals surface area contributed by atoms with Crippen molar-refractivity contribution in [1.82, 2.24) is 9.80 Å². The van der Waals surface area contributed by atoms with Crippen molar-refractivity contribution in [3.8, 4) is 0 Å². The van der Waals surface area contributed by atoms with Gasteiger partial charge in [0.05, 0.1) is 0 Å². The first-order valence-corrected chi connectivity index (χ1v) is 5.75. The average Bonchev–Trinajstić information content (AvgIpc) is 3.00. The first kappa shape index (κ1) is 9.47. The molecule has 0 N–H and O–H groups in total. The van der Waals surface area contributed by atoms with E-state index in [-0.39, 0.29) is 0 Å². The highest BCUT2D eigenvalue weighted by Crippen LogP contribution is 2.29. The van der Waals surface area contributed by atoms with E-state index < -0.39 is 0 Å². The minimum Gasteiger partial charge on any atom is -0.304 e. The molecule has 2 nitrogen and oxygen atoms in total. The number of nitrogens with zero attached hydrogens (tertiary/aromatic N) is 2. The molecule has 2 rings (SSSR count). The quantitative estimate of drug-likeness (QED) is 0.653. The minimum atomic E-state index is 0.861. The van der Waals surface area contributed by atoms with Crippen LogP contribution in [-0.4, -0.2) is 48.6 Å². The van der Waals surface area contributed by atoms with E-state index in [1.807, 2.05) is 0 Å². The topological polar surface area (TPSA) is 6.48 Å². The van der Waals surface area contributed by atoms with E-state index in [1.165, 1.54) is 45.3 Å². The summed E-state index contributed by atoms with van der Waals surface area (Å²) in [5, 5.41) is 0. The van der Waals surface area contributed by atoms with Gasteiger partial charge in [0.25, 0.3) is 0 Å². The third-order valence-electron chi connectivity index (χ3n) is 3.68. The highest BCUT2D eigenvalue weighted by atomic mass is 15.2. The van der Waals surface area contributed by atoms with Crippen molar-refractivity contribution in [2.75, 3.05) is 26.7 Å². The molecule has 0 radical (unpaired) electrons. The van der Waals surface area contributed by atoms with E-state index >= 15 is 0 Å². The van der Waals surface area contributed by atoms with Gasteiger partial charge in [-0.25, -0.2) is 0 Å². The molecule has 0 unspecified atom stereocenters. The van der Waals surface area contributed by atoms with E-state index in [2.05, 4.69) is 23.8 Å². The molecule has 0 atom stereocenters. The maximum Gasteiger partial charge on any atom is 0.0116 e. The van der Waals surface area contributed by atoms with Crippen LogP contribution in [0.25, 0.3) is 0 Å². The van der Waals surface area contributed by atoms with Gasteiger partial charge in [-0.1, -0.05) is 6.92 Å². The molecule has 1 heterocycles. The Morgan fingerprint density at radius 1 is 1.15 bits per heavy atom. The van der Waals surface area contributed by atoms with Crippen molar-refractivity contribution in [2.45, 2.75) is 44.7 Å². The van der Waals surface area contributed by atoms with Crippen molar-refractivity contribution in [3.63, 3.8) is 0 Å². The van der Waals surface area contributed by atoms with Gasteiger partial charge in [0, 0.05) is 12.1 Å². The van der Waals surface area contributed by atoms with Crippen LogP contribution in [0.1, 0.15) is 32.6 Å². The first-order valence-electron chi connectivity index (χ1n) is 5.75. The Bertz CT molecular complexity index is 157. The van der Waals surface area contributed by atoms with E-state index in [9.17, 15) is 0 Å². The Kier molecular flexibility index (Phi) is 2.89. The minimum absolute atomic E-state index is 0.861. The number of likely N-dealkylation sites (tertiary alicyclic amines) is 1. The van der Waals surface area contributed by atoms with Crippen LogP contribution in [-0.2, 0) is 0 Å². The number of rotatable bonds is 3. The molecule has 0 amide bonds. The first-order chi connectivity index (χ1) is 6.31. The highest BCUT2D eigenvalue weighted by molar-refractivity contribution is 4.88. The Morgan fingerprint density at radius 3 is 2.23 bits per heavy atom. The lowest BCUT2D eigenvalue weighted by Gasteiger charge is -2.36. The van der Waals surface area contributed by atoms with Crippen molar-refractivity contribution in [3.05, 3.63) is 0 Å². The normalized spacial score (nSPS) is 27.0. The number of hydrogen-bond acceptors (Lipinski definition) is 2. The monoisotopic (exact) mass is 182 g/mol. The van der Waals surface area contributed by atoms with Gasteiger partial charge < -0.3 is 9.80 Å². The van der Waals surface area contributed by atoms with E-state index in [0.29, 0.717) is 0 Å². The van der Waals surface area contributed by atoms with E-state index in [0.717, 1.165) is 12.1 Å². The Morgan fingerprint density at radius 2 is 1.77 bits per heavy atom. The second kappa shape index (κ2) is 3.97. The Hall–Kier alpha value is -0.0800. The summed E-state index contributed by atoms with van der Waals surface area (Å²) in [4.78, 5) is 5.20. The van der Waals surface area contributed by atoms with Crippen LogP contribution in [0.4, 0.5) is 0 Å². The summed E-state index contributed by atoms with van der Waals surface area (Å²) in [6, 6.07) is 1.84. The fraction of sp³-hybridized carbons (Fsp3) is 1.00. The van der Waals surface area contributed by atoms with Gasteiger partial charge in [0.15, 0.2) is 0 Å². The summed E-state index contributed by atoms with van der Waals surface area (Å²) in [5.74, 6) is 0. The molecule has 1 aliphatic heterocycles. The molecule has 1 aliphatic carbocycles. The molecular weight excluding hydrogens is 160 g/mol. The summed E-state index contributed by atoms with van der Waals surface area (Å²) < 4.78 is 0. The molecule has 0 aromatic carbocycles. The van der Waals surface area contributed by atoms with Gasteiger partial charge in [-0.3, -0.25) is 0 Å². The average molecular weight is 182 g/mol. The molecular formula is C11H22N2. The van der Waals surface area contributed by atoms with Gasteiger partial charge in [0.1, 0.15) is 0 Å². The van der Waals surface area contributed by atoms with Crippen LogP contribution >= 0.6 is 0 Å². The van der Waals surface area contributed by atoms with Gasteiger partial charge in [-0.15, -0.1) is 0 Å². The molecule has 1 saturated carbocycles. The number of hydrogen-bond donors (Lipinski definition) is 0. The summed E-state index contributed by atoms with van der Waals surface area (Å²) >= 11 is 0. The second-order valence-corrected chi connectivity index (χ2v) is 4.57. The maximum atomic E-state index is 2.69. The van der Waals surface area contributed by atoms with Crippen LogP contribution < -0.4 is 0 Å². The predicted molar refractivity (Wildman–Crippen MR) is 55.9 cm³/mol. The van der Waals surface area contributed by atoms with Gasteiger partial charge in [-0.2, -0.15) is 0 Å². The molecule has 2 aliphatic rings. The smallest absolute Gasteiger partial charge is 0.0116 e. The lowest BCUT2D eigenvalue weighted by molar-refractivity contribution is 0.127. The molecule has 1 saturated heterocycles. The van der Waals surface area contributed by atoms with Crippen molar-refractivity contribution >= 4 is 0 Å². The van der Waals surface area contributed by atoms with Gasteiger partial charge >= 0.3 is 0 Å². The number of piperidine rings is 1. The molecule has 0 aromatic rings. The summed E-state index contributed by atoms with van der Waals surface area (Å²) in [6.45, 7) is 6.15. The van der Waals surface area contributed by atoms with Crippen LogP contribution in [0, 0.1) is 0 Å². The lowest BCUT2D eigenvalue weighted by atomic mass is 10.0. The van der Waals surface area contributed by atoms with Crippen molar-refractivity contribution < 1.29 is 0 Å². The summed E-state index contributed by atoms with van der Waals surface area (Å²) in [7, 11) is 2.26. The zero-order chi connectivity index (χ0) is 9.26. The molecule has 76 valence electrons. The fourth-order valence-corrected chi connectivity index (χ4v) is 2.39. The SMILES string of the molecule is CCN(C)C1CCN(C2CC2)CC1. The van der Waals surface area contributed by atoms with Gasteiger partial charge in [-0.05, 0) is 52.4 Å². The van der Waals surface area contributed by atoms with Crippen LogP contribution in [0.15, 0.2) is 0 Å². The zero-order valence-electron chi connectivity index (χ0n) is 9.00. The van der Waals surface area contributed by atoms with Crippen LogP contribution in [0.2, 0.25) is 0 Å². The molecule has 2 fully saturated rings. The largest absolute Gasteiger partial charge is 0.304 e. The molecule has 0 aromatic heterocycles. The molecule has 2 heteroatoms.